The molecule has 0 aromatic carbocycles. The van der Waals surface area contributed by atoms with Crippen LogP contribution in [0, 0.1) is 6.92 Å². The zero-order chi connectivity index (χ0) is 12.6. The number of carboxylic acid groups (broad SMARTS) is 1. The number of aromatic amines is 1. The summed E-state index contributed by atoms with van der Waals surface area (Å²) in [6.45, 7) is 1.62. The molecule has 0 aliphatic carbocycles. The average Bonchev–Trinajstić information content (AvgIpc) is 2.59. The van der Waals surface area contributed by atoms with Crippen LogP contribution in [0.15, 0.2) is 0 Å². The van der Waals surface area contributed by atoms with Crippen LogP contribution in [-0.2, 0) is 9.84 Å². The first-order valence-electron chi connectivity index (χ1n) is 5.39. The fraction of sp³-hybridized carbons (Fsp3) is 0.600. The van der Waals surface area contributed by atoms with Crippen molar-refractivity contribution in [3.8, 4) is 0 Å². The number of nitrogens with one attached hydrogen (secondary N) is 1. The minimum atomic E-state index is -3.01. The Bertz CT molecular complexity index is 547. The van der Waals surface area contributed by atoms with Crippen LogP contribution < -0.4 is 0 Å². The number of sulfone groups is 1. The molecule has 2 rings (SSSR count). The van der Waals surface area contributed by atoms with Crippen molar-refractivity contribution >= 4 is 15.8 Å². The molecule has 1 aromatic rings. The van der Waals surface area contributed by atoms with Crippen LogP contribution in [0.2, 0.25) is 0 Å². The summed E-state index contributed by atoms with van der Waals surface area (Å²) in [5, 5.41) is 8.88. The second-order valence-corrected chi connectivity index (χ2v) is 6.58. The van der Waals surface area contributed by atoms with Crippen LogP contribution in [0.4, 0.5) is 0 Å². The minimum absolute atomic E-state index is 0.0250. The maximum Gasteiger partial charge on any atom is 0.356 e. The fourth-order valence-electron chi connectivity index (χ4n) is 2.12. The van der Waals surface area contributed by atoms with Gasteiger partial charge < -0.3 is 10.1 Å². The summed E-state index contributed by atoms with van der Waals surface area (Å²) in [4.78, 5) is 17.7. The number of nitrogens with zero attached hydrogens (tertiary/aromatic N) is 1. The van der Waals surface area contributed by atoms with Gasteiger partial charge in [0, 0.05) is 11.6 Å². The molecule has 94 valence electrons. The molecule has 1 fully saturated rings. The van der Waals surface area contributed by atoms with Crippen LogP contribution in [0.3, 0.4) is 0 Å². The molecular formula is C10H14N2O4S. The predicted molar refractivity (Wildman–Crippen MR) is 60.9 cm³/mol. The van der Waals surface area contributed by atoms with Gasteiger partial charge >= 0.3 is 5.97 Å². The Balaban J connectivity index is 2.29. The van der Waals surface area contributed by atoms with Gasteiger partial charge in [-0.15, -0.1) is 0 Å². The van der Waals surface area contributed by atoms with Gasteiger partial charge in [0.1, 0.15) is 5.82 Å². The van der Waals surface area contributed by atoms with Crippen molar-refractivity contribution in [1.29, 1.82) is 0 Å². The Morgan fingerprint density at radius 3 is 2.76 bits per heavy atom. The van der Waals surface area contributed by atoms with E-state index in [0.717, 1.165) is 6.42 Å². The summed E-state index contributed by atoms with van der Waals surface area (Å²) in [6.07, 6.45) is 1.33. The van der Waals surface area contributed by atoms with Gasteiger partial charge in [0.15, 0.2) is 15.5 Å². The monoisotopic (exact) mass is 258 g/mol. The van der Waals surface area contributed by atoms with Gasteiger partial charge in [-0.25, -0.2) is 18.2 Å². The summed E-state index contributed by atoms with van der Waals surface area (Å²) in [5.74, 6) is -0.555. The van der Waals surface area contributed by atoms with E-state index in [2.05, 4.69) is 9.97 Å². The van der Waals surface area contributed by atoms with Crippen molar-refractivity contribution in [2.75, 3.05) is 11.5 Å². The zero-order valence-corrected chi connectivity index (χ0v) is 10.2. The second-order valence-electron chi connectivity index (χ2n) is 4.35. The molecule has 0 bridgehead atoms. The van der Waals surface area contributed by atoms with Crippen LogP contribution in [0.25, 0.3) is 0 Å². The van der Waals surface area contributed by atoms with Gasteiger partial charge in [0.2, 0.25) is 0 Å². The zero-order valence-electron chi connectivity index (χ0n) is 9.43. The number of carbonyl (C=O) groups is 1. The molecule has 1 saturated heterocycles. The molecule has 0 saturated carbocycles. The summed E-state index contributed by atoms with van der Waals surface area (Å²) in [6, 6.07) is 0. The molecule has 1 aromatic heterocycles. The van der Waals surface area contributed by atoms with Crippen LogP contribution in [-0.4, -0.2) is 41.0 Å². The molecule has 0 radical (unpaired) electrons. The quantitative estimate of drug-likeness (QED) is 0.813. The largest absolute Gasteiger partial charge is 0.476 e. The Morgan fingerprint density at radius 1 is 1.53 bits per heavy atom. The van der Waals surface area contributed by atoms with Gasteiger partial charge in [-0.3, -0.25) is 0 Å². The van der Waals surface area contributed by atoms with E-state index in [1.807, 2.05) is 0 Å². The lowest BCUT2D eigenvalue weighted by Crippen LogP contribution is -2.24. The Kier molecular flexibility index (Phi) is 2.94. The third-order valence-electron chi connectivity index (χ3n) is 2.96. The topological polar surface area (TPSA) is 100 Å². The van der Waals surface area contributed by atoms with Crippen molar-refractivity contribution in [3.05, 3.63) is 17.2 Å². The highest BCUT2D eigenvalue weighted by atomic mass is 32.2. The van der Waals surface area contributed by atoms with Crippen LogP contribution in [0.5, 0.6) is 0 Å². The van der Waals surface area contributed by atoms with Gasteiger partial charge in [0.25, 0.3) is 0 Å². The number of imidazole rings is 1. The van der Waals surface area contributed by atoms with E-state index in [0.29, 0.717) is 17.9 Å². The van der Waals surface area contributed by atoms with E-state index in [9.17, 15) is 13.2 Å². The molecule has 1 aliphatic heterocycles. The normalized spacial score (nSPS) is 23.5. The van der Waals surface area contributed by atoms with E-state index >= 15 is 0 Å². The highest BCUT2D eigenvalue weighted by Gasteiger charge is 2.29. The number of aromatic nitrogens is 2. The molecule has 0 spiro atoms. The highest BCUT2D eigenvalue weighted by Crippen LogP contribution is 2.27. The molecular weight excluding hydrogens is 244 g/mol. The maximum absolute atomic E-state index is 11.5. The van der Waals surface area contributed by atoms with E-state index in [-0.39, 0.29) is 23.1 Å². The van der Waals surface area contributed by atoms with E-state index in [4.69, 9.17) is 5.11 Å². The highest BCUT2D eigenvalue weighted by molar-refractivity contribution is 7.91. The van der Waals surface area contributed by atoms with E-state index in [1.54, 1.807) is 6.92 Å². The molecule has 7 heteroatoms. The van der Waals surface area contributed by atoms with Gasteiger partial charge in [0.05, 0.1) is 11.5 Å². The lowest BCUT2D eigenvalue weighted by atomic mass is 10.1. The molecule has 2 N–H and O–H groups in total. The van der Waals surface area contributed by atoms with Gasteiger partial charge in [-0.1, -0.05) is 0 Å². The number of carboxylic acids is 1. The average molecular weight is 258 g/mol. The smallest absolute Gasteiger partial charge is 0.356 e. The van der Waals surface area contributed by atoms with Gasteiger partial charge in [-0.2, -0.15) is 0 Å². The second kappa shape index (κ2) is 4.14. The summed E-state index contributed by atoms with van der Waals surface area (Å²) >= 11 is 0. The number of rotatable bonds is 2. The molecule has 1 aliphatic rings. The minimum Gasteiger partial charge on any atom is -0.476 e. The molecule has 17 heavy (non-hydrogen) atoms. The first kappa shape index (κ1) is 12.1. The standard InChI is InChI=1S/C10H14N2O4S/c1-6-8(10(13)14)12-9(11-6)7-3-2-4-17(15,16)5-7/h7H,2-5H2,1H3,(H,11,12)(H,13,14). The lowest BCUT2D eigenvalue weighted by Gasteiger charge is -2.19. The lowest BCUT2D eigenvalue weighted by molar-refractivity contribution is 0.0690. The van der Waals surface area contributed by atoms with Crippen molar-refractivity contribution in [2.45, 2.75) is 25.7 Å². The third kappa shape index (κ3) is 2.49. The van der Waals surface area contributed by atoms with E-state index < -0.39 is 15.8 Å². The predicted octanol–water partition coefficient (Wildman–Crippen LogP) is 0.709. The number of hydrogen-bond acceptors (Lipinski definition) is 4. The molecule has 1 unspecified atom stereocenters. The molecule has 1 atom stereocenters. The SMILES string of the molecule is Cc1[nH]c(C2CCCS(=O)(=O)C2)nc1C(=O)O. The summed E-state index contributed by atoms with van der Waals surface area (Å²) in [7, 11) is -3.01. The summed E-state index contributed by atoms with van der Waals surface area (Å²) in [5.41, 5.74) is 0.443. The first-order valence-corrected chi connectivity index (χ1v) is 7.21. The van der Waals surface area contributed by atoms with E-state index in [1.165, 1.54) is 0 Å². The maximum atomic E-state index is 11.5. The fourth-order valence-corrected chi connectivity index (χ4v) is 3.83. The Hall–Kier alpha value is -1.37. The number of H-pyrrole nitrogens is 1. The molecule has 0 amide bonds. The number of aromatic carboxylic acids is 1. The first-order chi connectivity index (χ1) is 7.89. The van der Waals surface area contributed by atoms with Crippen LogP contribution in [0.1, 0.15) is 40.8 Å². The number of hydrogen-bond donors (Lipinski definition) is 2. The third-order valence-corrected chi connectivity index (χ3v) is 4.78. The Morgan fingerprint density at radius 2 is 2.24 bits per heavy atom. The molecule has 6 nitrogen and oxygen atoms in total. The molecule has 2 heterocycles. The van der Waals surface area contributed by atoms with Crippen molar-refractivity contribution in [2.24, 2.45) is 0 Å². The van der Waals surface area contributed by atoms with Crippen molar-refractivity contribution in [1.82, 2.24) is 9.97 Å². The van der Waals surface area contributed by atoms with Crippen molar-refractivity contribution in [3.63, 3.8) is 0 Å². The number of aryl methyl sites for hydroxylation is 1. The summed E-state index contributed by atoms with van der Waals surface area (Å²) < 4.78 is 23.0. The van der Waals surface area contributed by atoms with Gasteiger partial charge in [-0.05, 0) is 19.8 Å². The Labute approximate surface area is 99.0 Å². The van der Waals surface area contributed by atoms with Crippen LogP contribution >= 0.6 is 0 Å². The van der Waals surface area contributed by atoms with Crippen molar-refractivity contribution < 1.29 is 18.3 Å².